The van der Waals surface area contributed by atoms with Gasteiger partial charge in [-0.2, -0.15) is 0 Å². The maximum Gasteiger partial charge on any atom is 0.115 e. The minimum absolute atomic E-state index is 0.134. The van der Waals surface area contributed by atoms with E-state index < -0.39 is 0 Å². The van der Waals surface area contributed by atoms with Crippen LogP contribution in [-0.4, -0.2) is 11.7 Å². The molecule has 1 N–H and O–H groups in total. The number of hydrogen-bond acceptors (Lipinski definition) is 2. The van der Waals surface area contributed by atoms with Gasteiger partial charge in [-0.15, -0.1) is 0 Å². The van der Waals surface area contributed by atoms with Gasteiger partial charge in [0.1, 0.15) is 5.75 Å². The number of rotatable bonds is 10. The number of aromatic hydroxyl groups is 1. The molecule has 2 aromatic rings. The molecule has 0 saturated heterocycles. The lowest BCUT2D eigenvalue weighted by Gasteiger charge is -2.14. The highest BCUT2D eigenvalue weighted by Crippen LogP contribution is 2.25. The first-order valence-corrected chi connectivity index (χ1v) is 9.21. The smallest absolute Gasteiger partial charge is 0.115 e. The molecule has 0 aliphatic heterocycles. The molecule has 0 saturated carbocycles. The predicted octanol–water partition coefficient (Wildman–Crippen LogP) is 6.50. The Labute approximate surface area is 146 Å². The van der Waals surface area contributed by atoms with Crippen LogP contribution in [0.2, 0.25) is 0 Å². The average Bonchev–Trinajstić information content (AvgIpc) is 2.61. The molecule has 1 unspecified atom stereocenters. The van der Waals surface area contributed by atoms with E-state index in [2.05, 4.69) is 38.1 Å². The second-order valence-corrected chi connectivity index (χ2v) is 6.45. The summed E-state index contributed by atoms with van der Waals surface area (Å²) < 4.78 is 5.96. The molecule has 0 aromatic heterocycles. The zero-order valence-electron chi connectivity index (χ0n) is 15.0. The zero-order chi connectivity index (χ0) is 17.2. The number of phenolic OH excluding ortho intramolecular Hbond substituents is 1. The average molecular weight is 326 g/mol. The summed E-state index contributed by atoms with van der Waals surface area (Å²) >= 11 is 0. The van der Waals surface area contributed by atoms with Gasteiger partial charge < -0.3 is 9.84 Å². The number of phenols is 1. The van der Waals surface area contributed by atoms with E-state index in [1.807, 2.05) is 12.1 Å². The molecule has 130 valence electrons. The fourth-order valence-electron chi connectivity index (χ4n) is 2.84. The Morgan fingerprint density at radius 1 is 0.792 bits per heavy atom. The van der Waals surface area contributed by atoms with Crippen LogP contribution >= 0.6 is 0 Å². The summed E-state index contributed by atoms with van der Waals surface area (Å²) in [5.74, 6) is 0.298. The van der Waals surface area contributed by atoms with Crippen LogP contribution in [0.3, 0.4) is 0 Å². The molecule has 0 spiro atoms. The van der Waals surface area contributed by atoms with E-state index >= 15 is 0 Å². The Balaban J connectivity index is 1.76. The lowest BCUT2D eigenvalue weighted by Crippen LogP contribution is -2.01. The van der Waals surface area contributed by atoms with Crippen molar-refractivity contribution in [3.05, 3.63) is 54.1 Å². The van der Waals surface area contributed by atoms with Gasteiger partial charge in [0.25, 0.3) is 0 Å². The van der Waals surface area contributed by atoms with Crippen molar-refractivity contribution in [3.8, 4) is 16.9 Å². The van der Waals surface area contributed by atoms with Gasteiger partial charge in [-0.25, -0.2) is 0 Å². The minimum Gasteiger partial charge on any atom is -0.508 e. The summed E-state index contributed by atoms with van der Waals surface area (Å²) in [6, 6.07) is 15.8. The maximum atomic E-state index is 9.37. The summed E-state index contributed by atoms with van der Waals surface area (Å²) in [7, 11) is 0. The second kappa shape index (κ2) is 10.1. The first kappa shape index (κ1) is 18.5. The fourth-order valence-corrected chi connectivity index (χ4v) is 2.84. The molecule has 0 amide bonds. The van der Waals surface area contributed by atoms with Gasteiger partial charge in [0.2, 0.25) is 0 Å². The molecule has 2 heteroatoms. The van der Waals surface area contributed by atoms with Crippen LogP contribution in [0.4, 0.5) is 0 Å². The standard InChI is InChI=1S/C22H30O2/c1-3-4-5-6-7-8-17-24-18(2)19-9-11-20(12-10-19)21-13-15-22(23)16-14-21/h9-16,18,23H,3-8,17H2,1-2H3. The number of ether oxygens (including phenoxy) is 1. The molecule has 1 atom stereocenters. The van der Waals surface area contributed by atoms with Gasteiger partial charge in [-0.05, 0) is 42.2 Å². The Morgan fingerprint density at radius 3 is 1.96 bits per heavy atom. The SMILES string of the molecule is CCCCCCCCOC(C)c1ccc(-c2ccc(O)cc2)cc1. The predicted molar refractivity (Wildman–Crippen MR) is 101 cm³/mol. The molecule has 0 fully saturated rings. The van der Waals surface area contributed by atoms with Crippen LogP contribution in [0, 0.1) is 0 Å². The van der Waals surface area contributed by atoms with Crippen molar-refractivity contribution in [2.75, 3.05) is 6.61 Å². The first-order chi connectivity index (χ1) is 11.7. The van der Waals surface area contributed by atoms with Crippen molar-refractivity contribution < 1.29 is 9.84 Å². The molecule has 0 heterocycles. The van der Waals surface area contributed by atoms with Crippen LogP contribution in [0.5, 0.6) is 5.75 Å². The molecular formula is C22H30O2. The number of hydrogen-bond donors (Lipinski definition) is 1. The molecule has 0 bridgehead atoms. The normalized spacial score (nSPS) is 12.2. The quantitative estimate of drug-likeness (QED) is 0.505. The van der Waals surface area contributed by atoms with Crippen molar-refractivity contribution in [2.45, 2.75) is 58.5 Å². The van der Waals surface area contributed by atoms with Crippen LogP contribution < -0.4 is 0 Å². The maximum absolute atomic E-state index is 9.37. The molecule has 2 nitrogen and oxygen atoms in total. The molecule has 0 radical (unpaired) electrons. The summed E-state index contributed by atoms with van der Waals surface area (Å²) in [5, 5.41) is 9.37. The van der Waals surface area contributed by atoms with Gasteiger partial charge in [-0.3, -0.25) is 0 Å². The Kier molecular flexibility index (Phi) is 7.84. The van der Waals surface area contributed by atoms with Crippen LogP contribution in [0.1, 0.15) is 64.0 Å². The lowest BCUT2D eigenvalue weighted by molar-refractivity contribution is 0.0627. The molecule has 2 aromatic carbocycles. The zero-order valence-corrected chi connectivity index (χ0v) is 15.0. The highest BCUT2D eigenvalue weighted by atomic mass is 16.5. The Hall–Kier alpha value is -1.80. The van der Waals surface area contributed by atoms with E-state index in [9.17, 15) is 5.11 Å². The summed E-state index contributed by atoms with van der Waals surface area (Å²) in [6.07, 6.45) is 7.89. The van der Waals surface area contributed by atoms with E-state index in [-0.39, 0.29) is 6.10 Å². The third kappa shape index (κ3) is 6.01. The van der Waals surface area contributed by atoms with Gasteiger partial charge >= 0.3 is 0 Å². The molecule has 0 aliphatic carbocycles. The number of unbranched alkanes of at least 4 members (excludes halogenated alkanes) is 5. The fraction of sp³-hybridized carbons (Fsp3) is 0.455. The van der Waals surface area contributed by atoms with E-state index in [4.69, 9.17) is 4.74 Å². The minimum atomic E-state index is 0.134. The summed E-state index contributed by atoms with van der Waals surface area (Å²) in [5.41, 5.74) is 3.48. The van der Waals surface area contributed by atoms with Crippen molar-refractivity contribution in [3.63, 3.8) is 0 Å². The van der Waals surface area contributed by atoms with Gasteiger partial charge in [0, 0.05) is 6.61 Å². The third-order valence-corrected chi connectivity index (χ3v) is 4.45. The topological polar surface area (TPSA) is 29.5 Å². The van der Waals surface area contributed by atoms with Crippen molar-refractivity contribution in [1.82, 2.24) is 0 Å². The number of benzene rings is 2. The van der Waals surface area contributed by atoms with Gasteiger partial charge in [-0.1, -0.05) is 75.4 Å². The monoisotopic (exact) mass is 326 g/mol. The van der Waals surface area contributed by atoms with Gasteiger partial charge in [0.05, 0.1) is 6.10 Å². The molecule has 24 heavy (non-hydrogen) atoms. The summed E-state index contributed by atoms with van der Waals surface area (Å²) in [4.78, 5) is 0. The second-order valence-electron chi connectivity index (χ2n) is 6.45. The highest BCUT2D eigenvalue weighted by molar-refractivity contribution is 5.64. The van der Waals surface area contributed by atoms with Crippen molar-refractivity contribution >= 4 is 0 Å². The van der Waals surface area contributed by atoms with Crippen LogP contribution in [0.25, 0.3) is 11.1 Å². The van der Waals surface area contributed by atoms with E-state index in [0.29, 0.717) is 5.75 Å². The van der Waals surface area contributed by atoms with E-state index in [0.717, 1.165) is 24.2 Å². The largest absolute Gasteiger partial charge is 0.508 e. The highest BCUT2D eigenvalue weighted by Gasteiger charge is 2.06. The Morgan fingerprint density at radius 2 is 1.33 bits per heavy atom. The van der Waals surface area contributed by atoms with Crippen LogP contribution in [-0.2, 0) is 4.74 Å². The molecule has 2 rings (SSSR count). The van der Waals surface area contributed by atoms with Crippen molar-refractivity contribution in [2.24, 2.45) is 0 Å². The molecular weight excluding hydrogens is 296 g/mol. The first-order valence-electron chi connectivity index (χ1n) is 9.21. The van der Waals surface area contributed by atoms with Crippen molar-refractivity contribution in [1.29, 1.82) is 0 Å². The van der Waals surface area contributed by atoms with Gasteiger partial charge in [0.15, 0.2) is 0 Å². The Bertz CT molecular complexity index is 572. The molecule has 0 aliphatic rings. The third-order valence-electron chi connectivity index (χ3n) is 4.45. The van der Waals surface area contributed by atoms with E-state index in [1.54, 1.807) is 12.1 Å². The van der Waals surface area contributed by atoms with E-state index in [1.165, 1.54) is 37.7 Å². The summed E-state index contributed by atoms with van der Waals surface area (Å²) in [6.45, 7) is 5.21. The lowest BCUT2D eigenvalue weighted by atomic mass is 10.0. The van der Waals surface area contributed by atoms with Crippen LogP contribution in [0.15, 0.2) is 48.5 Å².